The molecule has 0 bridgehead atoms. The van der Waals surface area contributed by atoms with Crippen LogP contribution in [-0.2, 0) is 0 Å². The standard InChI is InChI=1S/C22H13BrO/c23-16-12-18(14-6-2-1-3-7-14)22-20(13-16)24-19-11-10-15-8-4-5-9-17(15)21(19)22/h1-13H. The molecule has 0 unspecified atom stereocenters. The van der Waals surface area contributed by atoms with Crippen molar-refractivity contribution in [1.29, 1.82) is 0 Å². The Labute approximate surface area is 147 Å². The lowest BCUT2D eigenvalue weighted by atomic mass is 9.97. The molecule has 2 heteroatoms. The maximum absolute atomic E-state index is 6.17. The molecule has 0 N–H and O–H groups in total. The number of hydrogen-bond donors (Lipinski definition) is 0. The molecule has 5 aromatic rings. The summed E-state index contributed by atoms with van der Waals surface area (Å²) in [5, 5.41) is 4.83. The van der Waals surface area contributed by atoms with E-state index in [1.54, 1.807) is 0 Å². The third-order valence-corrected chi connectivity index (χ3v) is 4.97. The third-order valence-electron chi connectivity index (χ3n) is 4.51. The van der Waals surface area contributed by atoms with Gasteiger partial charge in [0.25, 0.3) is 0 Å². The number of rotatable bonds is 1. The molecule has 0 amide bonds. The van der Waals surface area contributed by atoms with E-state index >= 15 is 0 Å². The van der Waals surface area contributed by atoms with Gasteiger partial charge in [0.2, 0.25) is 0 Å². The average Bonchev–Trinajstić information content (AvgIpc) is 3.00. The second kappa shape index (κ2) is 5.22. The van der Waals surface area contributed by atoms with Gasteiger partial charge >= 0.3 is 0 Å². The van der Waals surface area contributed by atoms with Gasteiger partial charge in [0, 0.05) is 15.2 Å². The summed E-state index contributed by atoms with van der Waals surface area (Å²) in [5.74, 6) is 0. The first-order valence-electron chi connectivity index (χ1n) is 7.90. The highest BCUT2D eigenvalue weighted by Crippen LogP contribution is 2.41. The average molecular weight is 373 g/mol. The van der Waals surface area contributed by atoms with Crippen molar-refractivity contribution < 1.29 is 4.42 Å². The quantitative estimate of drug-likeness (QED) is 0.304. The molecule has 0 saturated carbocycles. The van der Waals surface area contributed by atoms with Gasteiger partial charge < -0.3 is 4.42 Å². The molecule has 1 aromatic heterocycles. The molecule has 0 radical (unpaired) electrons. The Kier molecular flexibility index (Phi) is 3.00. The van der Waals surface area contributed by atoms with Crippen LogP contribution in [0.25, 0.3) is 43.8 Å². The Balaban J connectivity index is 2.04. The Morgan fingerprint density at radius 2 is 1.46 bits per heavy atom. The van der Waals surface area contributed by atoms with Gasteiger partial charge in [-0.05, 0) is 40.1 Å². The zero-order valence-electron chi connectivity index (χ0n) is 12.8. The van der Waals surface area contributed by atoms with Gasteiger partial charge in [-0.2, -0.15) is 0 Å². The lowest BCUT2D eigenvalue weighted by Crippen LogP contribution is -1.81. The van der Waals surface area contributed by atoms with Gasteiger partial charge in [-0.15, -0.1) is 0 Å². The summed E-state index contributed by atoms with van der Waals surface area (Å²) in [7, 11) is 0. The number of hydrogen-bond acceptors (Lipinski definition) is 1. The lowest BCUT2D eigenvalue weighted by molar-refractivity contribution is 0.669. The summed E-state index contributed by atoms with van der Waals surface area (Å²) in [6.07, 6.45) is 0. The Morgan fingerprint density at radius 3 is 2.33 bits per heavy atom. The molecule has 0 spiro atoms. The molecule has 114 valence electrons. The van der Waals surface area contributed by atoms with E-state index in [4.69, 9.17) is 4.42 Å². The molecule has 0 aliphatic rings. The predicted molar refractivity (Wildman–Crippen MR) is 104 cm³/mol. The molecule has 0 atom stereocenters. The minimum absolute atomic E-state index is 0.912. The first-order valence-corrected chi connectivity index (χ1v) is 8.69. The molecule has 0 fully saturated rings. The summed E-state index contributed by atoms with van der Waals surface area (Å²) in [5.41, 5.74) is 4.23. The fourth-order valence-electron chi connectivity index (χ4n) is 3.48. The molecule has 5 rings (SSSR count). The van der Waals surface area contributed by atoms with Gasteiger partial charge in [0.1, 0.15) is 11.2 Å². The fourth-order valence-corrected chi connectivity index (χ4v) is 3.92. The highest BCUT2D eigenvalue weighted by Gasteiger charge is 2.15. The molecule has 24 heavy (non-hydrogen) atoms. The highest BCUT2D eigenvalue weighted by molar-refractivity contribution is 9.10. The maximum atomic E-state index is 6.17. The number of halogens is 1. The van der Waals surface area contributed by atoms with Gasteiger partial charge in [0.15, 0.2) is 0 Å². The minimum atomic E-state index is 0.912. The summed E-state index contributed by atoms with van der Waals surface area (Å²) < 4.78 is 7.20. The van der Waals surface area contributed by atoms with Gasteiger partial charge in [0.05, 0.1) is 0 Å². The van der Waals surface area contributed by atoms with Crippen LogP contribution in [0.4, 0.5) is 0 Å². The third kappa shape index (κ3) is 2.00. The van der Waals surface area contributed by atoms with Crippen molar-refractivity contribution >= 4 is 48.6 Å². The lowest BCUT2D eigenvalue weighted by Gasteiger charge is -2.06. The van der Waals surface area contributed by atoms with Crippen LogP contribution in [0.2, 0.25) is 0 Å². The summed E-state index contributed by atoms with van der Waals surface area (Å²) >= 11 is 3.63. The topological polar surface area (TPSA) is 13.1 Å². The van der Waals surface area contributed by atoms with Crippen LogP contribution in [0.3, 0.4) is 0 Å². The van der Waals surface area contributed by atoms with Crippen molar-refractivity contribution in [3.05, 3.63) is 83.3 Å². The SMILES string of the molecule is Brc1cc(-c2ccccc2)c2c(c1)oc1ccc3ccccc3c12. The van der Waals surface area contributed by atoms with E-state index in [0.29, 0.717) is 0 Å². The van der Waals surface area contributed by atoms with E-state index in [2.05, 4.69) is 88.7 Å². The van der Waals surface area contributed by atoms with Crippen LogP contribution in [0.5, 0.6) is 0 Å². The van der Waals surface area contributed by atoms with E-state index in [-0.39, 0.29) is 0 Å². The Bertz CT molecular complexity index is 1200. The van der Waals surface area contributed by atoms with Crippen LogP contribution in [-0.4, -0.2) is 0 Å². The predicted octanol–water partition coefficient (Wildman–Crippen LogP) is 7.17. The van der Waals surface area contributed by atoms with E-state index < -0.39 is 0 Å². The molecule has 1 nitrogen and oxygen atoms in total. The molecule has 0 saturated heterocycles. The minimum Gasteiger partial charge on any atom is -0.456 e. The van der Waals surface area contributed by atoms with E-state index in [0.717, 1.165) is 15.6 Å². The Morgan fingerprint density at radius 1 is 0.667 bits per heavy atom. The van der Waals surface area contributed by atoms with Crippen molar-refractivity contribution in [2.75, 3.05) is 0 Å². The largest absolute Gasteiger partial charge is 0.456 e. The zero-order valence-corrected chi connectivity index (χ0v) is 14.4. The van der Waals surface area contributed by atoms with Crippen molar-refractivity contribution in [2.24, 2.45) is 0 Å². The van der Waals surface area contributed by atoms with Crippen LogP contribution < -0.4 is 0 Å². The van der Waals surface area contributed by atoms with Crippen LogP contribution >= 0.6 is 15.9 Å². The van der Waals surface area contributed by atoms with E-state index in [1.165, 1.54) is 32.7 Å². The summed E-state index contributed by atoms with van der Waals surface area (Å²) in [6.45, 7) is 0. The maximum Gasteiger partial charge on any atom is 0.137 e. The first kappa shape index (κ1) is 13.8. The van der Waals surface area contributed by atoms with Gasteiger partial charge in [-0.3, -0.25) is 0 Å². The molecular formula is C22H13BrO. The zero-order chi connectivity index (χ0) is 16.1. The van der Waals surface area contributed by atoms with Crippen LogP contribution in [0.1, 0.15) is 0 Å². The van der Waals surface area contributed by atoms with Crippen molar-refractivity contribution in [2.45, 2.75) is 0 Å². The van der Waals surface area contributed by atoms with Crippen molar-refractivity contribution in [3.63, 3.8) is 0 Å². The second-order valence-corrected chi connectivity index (χ2v) is 6.87. The second-order valence-electron chi connectivity index (χ2n) is 5.95. The van der Waals surface area contributed by atoms with E-state index in [9.17, 15) is 0 Å². The van der Waals surface area contributed by atoms with Crippen LogP contribution in [0.15, 0.2) is 87.8 Å². The normalized spacial score (nSPS) is 11.5. The molecular weight excluding hydrogens is 360 g/mol. The molecule has 0 aliphatic carbocycles. The van der Waals surface area contributed by atoms with Crippen molar-refractivity contribution in [3.8, 4) is 11.1 Å². The molecule has 4 aromatic carbocycles. The molecule has 0 aliphatic heterocycles. The summed E-state index contributed by atoms with van der Waals surface area (Å²) in [4.78, 5) is 0. The van der Waals surface area contributed by atoms with Gasteiger partial charge in [-0.25, -0.2) is 0 Å². The number of furan rings is 1. The smallest absolute Gasteiger partial charge is 0.137 e. The highest BCUT2D eigenvalue weighted by atomic mass is 79.9. The van der Waals surface area contributed by atoms with Crippen molar-refractivity contribution in [1.82, 2.24) is 0 Å². The number of fused-ring (bicyclic) bond motifs is 5. The fraction of sp³-hybridized carbons (Fsp3) is 0. The number of benzene rings is 4. The first-order chi connectivity index (χ1) is 11.8. The Hall–Kier alpha value is -2.58. The summed E-state index contributed by atoms with van der Waals surface area (Å²) in [6, 6.07) is 27.4. The van der Waals surface area contributed by atoms with E-state index in [1.807, 2.05) is 6.07 Å². The van der Waals surface area contributed by atoms with Gasteiger partial charge in [-0.1, -0.05) is 76.6 Å². The molecule has 1 heterocycles. The monoisotopic (exact) mass is 372 g/mol. The van der Waals surface area contributed by atoms with Crippen LogP contribution in [0, 0.1) is 0 Å².